The van der Waals surface area contributed by atoms with Gasteiger partial charge >= 0.3 is 0 Å². The van der Waals surface area contributed by atoms with Gasteiger partial charge in [-0.3, -0.25) is 9.69 Å². The number of rotatable bonds is 4. The Hall–Kier alpha value is -1.35. The number of hydrogen-bond donors (Lipinski definition) is 0. The predicted octanol–water partition coefficient (Wildman–Crippen LogP) is 2.95. The maximum Gasteiger partial charge on any atom is 0.227 e. The average Bonchev–Trinajstić information content (AvgIpc) is 3.32. The van der Waals surface area contributed by atoms with Gasteiger partial charge in [-0.15, -0.1) is 0 Å². The standard InChI is InChI=1S/C20H28N2O/c23-20(12-16-6-2-1-3-7-16)22-14-18-8-4-5-11-21(19(18)15-22)13-17-9-10-17/h1-3,6-7,17-19H,4-5,8-15H2/t18-,19+/m0/s1. The second kappa shape index (κ2) is 6.64. The molecule has 2 aliphatic heterocycles. The van der Waals surface area contributed by atoms with E-state index in [1.54, 1.807) is 0 Å². The Labute approximate surface area is 139 Å². The average molecular weight is 312 g/mol. The molecule has 1 saturated carbocycles. The van der Waals surface area contributed by atoms with Gasteiger partial charge in [0.25, 0.3) is 0 Å². The number of nitrogens with zero attached hydrogens (tertiary/aromatic N) is 2. The molecule has 2 atom stereocenters. The number of carbonyl (C=O) groups is 1. The van der Waals surface area contributed by atoms with E-state index in [-0.39, 0.29) is 0 Å². The van der Waals surface area contributed by atoms with Crippen LogP contribution in [0.1, 0.15) is 37.7 Å². The van der Waals surface area contributed by atoms with Crippen molar-refractivity contribution in [1.82, 2.24) is 9.80 Å². The molecular formula is C20H28N2O. The van der Waals surface area contributed by atoms with E-state index in [0.717, 1.165) is 24.6 Å². The van der Waals surface area contributed by atoms with Crippen LogP contribution in [-0.2, 0) is 11.2 Å². The first kappa shape index (κ1) is 15.2. The van der Waals surface area contributed by atoms with Crippen LogP contribution in [-0.4, -0.2) is 47.9 Å². The second-order valence-electron chi connectivity index (χ2n) is 7.72. The number of amides is 1. The van der Waals surface area contributed by atoms with Gasteiger partial charge in [-0.1, -0.05) is 36.8 Å². The van der Waals surface area contributed by atoms with E-state index in [4.69, 9.17) is 0 Å². The maximum absolute atomic E-state index is 12.7. The molecule has 1 amide bonds. The topological polar surface area (TPSA) is 23.6 Å². The summed E-state index contributed by atoms with van der Waals surface area (Å²) in [6.07, 6.45) is 7.39. The van der Waals surface area contributed by atoms with Crippen LogP contribution in [0, 0.1) is 11.8 Å². The van der Waals surface area contributed by atoms with E-state index in [1.165, 1.54) is 45.2 Å². The fourth-order valence-corrected chi connectivity index (χ4v) is 4.38. The normalized spacial score (nSPS) is 28.4. The molecule has 2 heterocycles. The van der Waals surface area contributed by atoms with Crippen LogP contribution >= 0.6 is 0 Å². The maximum atomic E-state index is 12.7. The molecule has 3 aliphatic rings. The summed E-state index contributed by atoms with van der Waals surface area (Å²) in [5.74, 6) is 1.97. The predicted molar refractivity (Wildman–Crippen MR) is 92.2 cm³/mol. The largest absolute Gasteiger partial charge is 0.340 e. The van der Waals surface area contributed by atoms with Crippen molar-refractivity contribution in [2.75, 3.05) is 26.2 Å². The number of fused-ring (bicyclic) bond motifs is 1. The summed E-state index contributed by atoms with van der Waals surface area (Å²) in [5, 5.41) is 0. The number of benzene rings is 1. The molecule has 0 spiro atoms. The van der Waals surface area contributed by atoms with E-state index >= 15 is 0 Å². The first-order valence-electron chi connectivity index (χ1n) is 9.35. The van der Waals surface area contributed by atoms with Crippen molar-refractivity contribution < 1.29 is 4.79 Å². The van der Waals surface area contributed by atoms with E-state index in [0.29, 0.717) is 24.3 Å². The van der Waals surface area contributed by atoms with Gasteiger partial charge in [0.15, 0.2) is 0 Å². The highest BCUT2D eigenvalue weighted by atomic mass is 16.2. The van der Waals surface area contributed by atoms with Crippen molar-refractivity contribution in [2.24, 2.45) is 11.8 Å². The summed E-state index contributed by atoms with van der Waals surface area (Å²) in [6.45, 7) is 4.47. The third-order valence-corrected chi connectivity index (χ3v) is 5.89. The van der Waals surface area contributed by atoms with E-state index < -0.39 is 0 Å². The van der Waals surface area contributed by atoms with Crippen LogP contribution in [0.25, 0.3) is 0 Å². The molecule has 1 aliphatic carbocycles. The summed E-state index contributed by atoms with van der Waals surface area (Å²) in [4.78, 5) is 17.6. The van der Waals surface area contributed by atoms with Crippen molar-refractivity contribution in [3.05, 3.63) is 35.9 Å². The summed E-state index contributed by atoms with van der Waals surface area (Å²) in [6, 6.07) is 10.8. The fourth-order valence-electron chi connectivity index (χ4n) is 4.38. The molecule has 0 radical (unpaired) electrons. The smallest absolute Gasteiger partial charge is 0.227 e. The minimum atomic E-state index is 0.315. The summed E-state index contributed by atoms with van der Waals surface area (Å²) in [7, 11) is 0. The monoisotopic (exact) mass is 312 g/mol. The van der Waals surface area contributed by atoms with Crippen LogP contribution in [0.2, 0.25) is 0 Å². The van der Waals surface area contributed by atoms with Crippen LogP contribution in [0.4, 0.5) is 0 Å². The lowest BCUT2D eigenvalue weighted by Gasteiger charge is -2.30. The minimum absolute atomic E-state index is 0.315. The van der Waals surface area contributed by atoms with Gasteiger partial charge in [-0.2, -0.15) is 0 Å². The Morgan fingerprint density at radius 1 is 1.04 bits per heavy atom. The SMILES string of the molecule is O=C(Cc1ccccc1)N1C[C@@H]2CCCCN(CC3CC3)[C@@H]2C1. The third-order valence-electron chi connectivity index (χ3n) is 5.89. The Morgan fingerprint density at radius 3 is 2.65 bits per heavy atom. The Morgan fingerprint density at radius 2 is 1.87 bits per heavy atom. The molecule has 0 bridgehead atoms. The number of likely N-dealkylation sites (tertiary alicyclic amines) is 2. The van der Waals surface area contributed by atoms with E-state index in [2.05, 4.69) is 21.9 Å². The second-order valence-corrected chi connectivity index (χ2v) is 7.72. The summed E-state index contributed by atoms with van der Waals surface area (Å²) >= 11 is 0. The zero-order valence-electron chi connectivity index (χ0n) is 14.0. The highest BCUT2D eigenvalue weighted by Gasteiger charge is 2.40. The van der Waals surface area contributed by atoms with Crippen LogP contribution < -0.4 is 0 Å². The third kappa shape index (κ3) is 3.60. The van der Waals surface area contributed by atoms with Gasteiger partial charge in [0.2, 0.25) is 5.91 Å². The zero-order chi connectivity index (χ0) is 15.6. The van der Waals surface area contributed by atoms with Gasteiger partial charge < -0.3 is 4.90 Å². The lowest BCUT2D eigenvalue weighted by atomic mass is 9.98. The Balaban J connectivity index is 1.40. The van der Waals surface area contributed by atoms with Crippen molar-refractivity contribution in [2.45, 2.75) is 44.6 Å². The van der Waals surface area contributed by atoms with Crippen LogP contribution in [0.3, 0.4) is 0 Å². The number of hydrogen-bond acceptors (Lipinski definition) is 2. The van der Waals surface area contributed by atoms with Crippen molar-refractivity contribution in [3.8, 4) is 0 Å². The molecule has 1 aromatic rings. The van der Waals surface area contributed by atoms with Crippen LogP contribution in [0.15, 0.2) is 30.3 Å². The summed E-state index contributed by atoms with van der Waals surface area (Å²) < 4.78 is 0. The van der Waals surface area contributed by atoms with Gasteiger partial charge in [0, 0.05) is 25.7 Å². The molecular weight excluding hydrogens is 284 g/mol. The molecule has 0 unspecified atom stereocenters. The first-order chi connectivity index (χ1) is 11.3. The molecule has 4 rings (SSSR count). The van der Waals surface area contributed by atoms with Crippen molar-refractivity contribution in [3.63, 3.8) is 0 Å². The van der Waals surface area contributed by atoms with E-state index in [9.17, 15) is 4.79 Å². The molecule has 1 aromatic carbocycles. The van der Waals surface area contributed by atoms with Gasteiger partial charge in [-0.25, -0.2) is 0 Å². The van der Waals surface area contributed by atoms with Gasteiger partial charge in [0.05, 0.1) is 6.42 Å². The number of carbonyl (C=O) groups excluding carboxylic acids is 1. The quantitative estimate of drug-likeness (QED) is 0.853. The lowest BCUT2D eigenvalue weighted by molar-refractivity contribution is -0.129. The highest BCUT2D eigenvalue weighted by Crippen LogP contribution is 2.35. The molecule has 3 nitrogen and oxygen atoms in total. The molecule has 3 heteroatoms. The van der Waals surface area contributed by atoms with Gasteiger partial charge in [0.1, 0.15) is 0 Å². The molecule has 3 fully saturated rings. The fraction of sp³-hybridized carbons (Fsp3) is 0.650. The minimum Gasteiger partial charge on any atom is -0.340 e. The van der Waals surface area contributed by atoms with Crippen LogP contribution in [0.5, 0.6) is 0 Å². The highest BCUT2D eigenvalue weighted by molar-refractivity contribution is 5.79. The zero-order valence-corrected chi connectivity index (χ0v) is 14.0. The van der Waals surface area contributed by atoms with Crippen molar-refractivity contribution >= 4 is 5.91 Å². The Kier molecular flexibility index (Phi) is 4.39. The molecule has 0 N–H and O–H groups in total. The molecule has 23 heavy (non-hydrogen) atoms. The molecule has 0 aromatic heterocycles. The molecule has 124 valence electrons. The van der Waals surface area contributed by atoms with Crippen molar-refractivity contribution in [1.29, 1.82) is 0 Å². The van der Waals surface area contributed by atoms with E-state index in [1.807, 2.05) is 18.2 Å². The summed E-state index contributed by atoms with van der Waals surface area (Å²) in [5.41, 5.74) is 1.14. The lowest BCUT2D eigenvalue weighted by Crippen LogP contribution is -2.42. The Bertz CT molecular complexity index is 540. The first-order valence-corrected chi connectivity index (χ1v) is 9.35. The van der Waals surface area contributed by atoms with Gasteiger partial charge in [-0.05, 0) is 49.6 Å². The molecule has 2 saturated heterocycles.